The minimum Gasteiger partial charge on any atom is -0.299 e. The molecule has 1 aromatic rings. The van der Waals surface area contributed by atoms with Gasteiger partial charge in [0.15, 0.2) is 0 Å². The molecule has 0 aliphatic rings. The zero-order valence-electron chi connectivity index (χ0n) is 8.37. The molecule has 0 aliphatic heterocycles. The molecule has 4 heteroatoms. The maximum atomic E-state index is 4.32. The van der Waals surface area contributed by atoms with Crippen molar-refractivity contribution in [1.82, 2.24) is 14.7 Å². The summed E-state index contributed by atoms with van der Waals surface area (Å²) in [5.41, 5.74) is 1.12. The number of aryl methyl sites for hydroxylation is 1. The molecule has 74 valence electrons. The van der Waals surface area contributed by atoms with E-state index in [0.29, 0.717) is 4.83 Å². The average molecular weight is 246 g/mol. The first-order chi connectivity index (χ1) is 6.08. The fourth-order valence-corrected chi connectivity index (χ4v) is 1.81. The predicted molar refractivity (Wildman–Crippen MR) is 57.9 cm³/mol. The molecule has 0 amide bonds. The molecule has 1 aromatic heterocycles. The van der Waals surface area contributed by atoms with Crippen LogP contribution in [0.15, 0.2) is 12.3 Å². The fourth-order valence-electron chi connectivity index (χ4n) is 1.32. The Morgan fingerprint density at radius 2 is 2.38 bits per heavy atom. The maximum absolute atomic E-state index is 4.32. The minimum atomic E-state index is 0.529. The monoisotopic (exact) mass is 245 g/mol. The Bertz CT molecular complexity index is 257. The number of rotatable bonds is 4. The van der Waals surface area contributed by atoms with E-state index >= 15 is 0 Å². The van der Waals surface area contributed by atoms with Gasteiger partial charge in [-0.3, -0.25) is 9.58 Å². The van der Waals surface area contributed by atoms with E-state index in [1.54, 1.807) is 0 Å². The molecular formula is C9H16BrN3. The molecule has 0 saturated heterocycles. The highest BCUT2D eigenvalue weighted by Crippen LogP contribution is 2.03. The largest absolute Gasteiger partial charge is 0.299 e. The van der Waals surface area contributed by atoms with Crippen molar-refractivity contribution >= 4 is 15.9 Å². The van der Waals surface area contributed by atoms with Crippen molar-refractivity contribution in [3.05, 3.63) is 18.0 Å². The first-order valence-corrected chi connectivity index (χ1v) is 5.30. The third-order valence-electron chi connectivity index (χ3n) is 1.76. The summed E-state index contributed by atoms with van der Waals surface area (Å²) in [6.07, 6.45) is 1.97. The van der Waals surface area contributed by atoms with Crippen molar-refractivity contribution in [2.24, 2.45) is 7.05 Å². The second-order valence-electron chi connectivity index (χ2n) is 3.46. The van der Waals surface area contributed by atoms with Gasteiger partial charge in [0, 0.05) is 31.2 Å². The Balaban J connectivity index is 2.40. The normalized spacial score (nSPS) is 13.6. The molecule has 1 heterocycles. The van der Waals surface area contributed by atoms with E-state index in [0.717, 1.165) is 18.8 Å². The lowest BCUT2D eigenvalue weighted by Gasteiger charge is -2.16. The van der Waals surface area contributed by atoms with E-state index in [-0.39, 0.29) is 0 Å². The van der Waals surface area contributed by atoms with Gasteiger partial charge in [-0.25, -0.2) is 0 Å². The van der Waals surface area contributed by atoms with Crippen LogP contribution in [0.5, 0.6) is 0 Å². The number of hydrogen-bond donors (Lipinski definition) is 0. The SMILES string of the molecule is CC(Br)CN(C)Cc1ccn(C)n1. The van der Waals surface area contributed by atoms with Gasteiger partial charge in [-0.1, -0.05) is 22.9 Å². The quantitative estimate of drug-likeness (QED) is 0.753. The van der Waals surface area contributed by atoms with Crippen LogP contribution in [0.25, 0.3) is 0 Å². The second-order valence-corrected chi connectivity index (χ2v) is 5.02. The topological polar surface area (TPSA) is 21.1 Å². The summed E-state index contributed by atoms with van der Waals surface area (Å²) in [6, 6.07) is 2.05. The lowest BCUT2D eigenvalue weighted by Crippen LogP contribution is -2.24. The zero-order chi connectivity index (χ0) is 9.84. The molecule has 0 radical (unpaired) electrons. The van der Waals surface area contributed by atoms with Crippen LogP contribution < -0.4 is 0 Å². The van der Waals surface area contributed by atoms with Crippen molar-refractivity contribution in [2.75, 3.05) is 13.6 Å². The summed E-state index contributed by atoms with van der Waals surface area (Å²) in [4.78, 5) is 2.78. The fraction of sp³-hybridized carbons (Fsp3) is 0.667. The maximum Gasteiger partial charge on any atom is 0.0764 e. The molecule has 13 heavy (non-hydrogen) atoms. The molecule has 0 spiro atoms. The standard InChI is InChI=1S/C9H16BrN3/c1-8(10)6-12(2)7-9-4-5-13(3)11-9/h4-5,8H,6-7H2,1-3H3. The highest BCUT2D eigenvalue weighted by molar-refractivity contribution is 9.09. The molecular weight excluding hydrogens is 230 g/mol. The Morgan fingerprint density at radius 1 is 1.69 bits per heavy atom. The lowest BCUT2D eigenvalue weighted by molar-refractivity contribution is 0.327. The molecule has 0 aromatic carbocycles. The van der Waals surface area contributed by atoms with Gasteiger partial charge in [-0.15, -0.1) is 0 Å². The third kappa shape index (κ3) is 3.91. The van der Waals surface area contributed by atoms with Crippen molar-refractivity contribution in [3.8, 4) is 0 Å². The summed E-state index contributed by atoms with van der Waals surface area (Å²) in [7, 11) is 4.04. The van der Waals surface area contributed by atoms with Crippen LogP contribution in [-0.2, 0) is 13.6 Å². The van der Waals surface area contributed by atoms with Gasteiger partial charge >= 0.3 is 0 Å². The number of nitrogens with zero attached hydrogens (tertiary/aromatic N) is 3. The number of hydrogen-bond acceptors (Lipinski definition) is 2. The van der Waals surface area contributed by atoms with Gasteiger partial charge in [0.25, 0.3) is 0 Å². The molecule has 0 N–H and O–H groups in total. The van der Waals surface area contributed by atoms with Crippen LogP contribution in [0, 0.1) is 0 Å². The van der Waals surface area contributed by atoms with Crippen molar-refractivity contribution in [2.45, 2.75) is 18.3 Å². The molecule has 0 aliphatic carbocycles. The van der Waals surface area contributed by atoms with E-state index in [4.69, 9.17) is 0 Å². The minimum absolute atomic E-state index is 0.529. The zero-order valence-corrected chi connectivity index (χ0v) is 9.95. The molecule has 1 rings (SSSR count). The number of alkyl halides is 1. The van der Waals surface area contributed by atoms with Crippen LogP contribution in [0.1, 0.15) is 12.6 Å². The number of aromatic nitrogens is 2. The van der Waals surface area contributed by atoms with Crippen molar-refractivity contribution in [1.29, 1.82) is 0 Å². The lowest BCUT2D eigenvalue weighted by atomic mass is 10.3. The molecule has 0 bridgehead atoms. The molecule has 0 fully saturated rings. The molecule has 3 nitrogen and oxygen atoms in total. The van der Waals surface area contributed by atoms with E-state index in [1.165, 1.54) is 0 Å². The average Bonchev–Trinajstić information content (AvgIpc) is 2.33. The van der Waals surface area contributed by atoms with Crippen LogP contribution in [0.2, 0.25) is 0 Å². The van der Waals surface area contributed by atoms with Crippen LogP contribution in [0.3, 0.4) is 0 Å². The van der Waals surface area contributed by atoms with Crippen molar-refractivity contribution < 1.29 is 0 Å². The number of halogens is 1. The highest BCUT2D eigenvalue weighted by Gasteiger charge is 2.05. The first kappa shape index (κ1) is 10.7. The molecule has 0 saturated carbocycles. The van der Waals surface area contributed by atoms with E-state index < -0.39 is 0 Å². The Labute approximate surface area is 87.9 Å². The van der Waals surface area contributed by atoms with Gasteiger partial charge in [0.2, 0.25) is 0 Å². The summed E-state index contributed by atoms with van der Waals surface area (Å²) in [5.74, 6) is 0. The van der Waals surface area contributed by atoms with E-state index in [1.807, 2.05) is 17.9 Å². The molecule has 1 unspecified atom stereocenters. The highest BCUT2D eigenvalue weighted by atomic mass is 79.9. The predicted octanol–water partition coefficient (Wildman–Crippen LogP) is 1.64. The van der Waals surface area contributed by atoms with Gasteiger partial charge < -0.3 is 0 Å². The second kappa shape index (κ2) is 4.77. The summed E-state index contributed by atoms with van der Waals surface area (Å²) >= 11 is 3.53. The Morgan fingerprint density at radius 3 is 2.85 bits per heavy atom. The van der Waals surface area contributed by atoms with Crippen LogP contribution in [0.4, 0.5) is 0 Å². The summed E-state index contributed by atoms with van der Waals surface area (Å²) in [5, 5.41) is 4.32. The van der Waals surface area contributed by atoms with Gasteiger partial charge in [-0.05, 0) is 13.1 Å². The van der Waals surface area contributed by atoms with E-state index in [2.05, 4.69) is 46.0 Å². The molecule has 1 atom stereocenters. The van der Waals surface area contributed by atoms with Crippen molar-refractivity contribution in [3.63, 3.8) is 0 Å². The van der Waals surface area contributed by atoms with E-state index in [9.17, 15) is 0 Å². The van der Waals surface area contributed by atoms with Gasteiger partial charge in [-0.2, -0.15) is 5.10 Å². The first-order valence-electron chi connectivity index (χ1n) is 4.39. The Hall–Kier alpha value is -0.350. The summed E-state index contributed by atoms with van der Waals surface area (Å²) < 4.78 is 1.83. The smallest absolute Gasteiger partial charge is 0.0764 e. The van der Waals surface area contributed by atoms with Crippen LogP contribution >= 0.6 is 15.9 Å². The van der Waals surface area contributed by atoms with Crippen LogP contribution in [-0.4, -0.2) is 33.1 Å². The van der Waals surface area contributed by atoms with Gasteiger partial charge in [0.1, 0.15) is 0 Å². The Kier molecular flexibility index (Phi) is 3.93. The van der Waals surface area contributed by atoms with Gasteiger partial charge in [0.05, 0.1) is 5.69 Å². The third-order valence-corrected chi connectivity index (χ3v) is 2.05. The summed E-state index contributed by atoms with van der Waals surface area (Å²) in [6.45, 7) is 4.10.